The van der Waals surface area contributed by atoms with Crippen molar-refractivity contribution in [3.05, 3.63) is 57.6 Å². The number of benzene rings is 2. The minimum atomic E-state index is -3.77. The van der Waals surface area contributed by atoms with Crippen molar-refractivity contribution in [1.29, 1.82) is 0 Å². The van der Waals surface area contributed by atoms with E-state index in [1.165, 1.54) is 18.2 Å². The predicted molar refractivity (Wildman–Crippen MR) is 88.3 cm³/mol. The predicted octanol–water partition coefficient (Wildman–Crippen LogP) is 2.85. The summed E-state index contributed by atoms with van der Waals surface area (Å²) < 4.78 is 32.7. The molecule has 2 N–H and O–H groups in total. The molecule has 0 aliphatic carbocycles. The van der Waals surface area contributed by atoms with Gasteiger partial charge in [0, 0.05) is 0 Å². The largest absolute Gasteiger partial charge is 0.417 e. The minimum absolute atomic E-state index is 0.0569. The number of H-pyrrole nitrogens is 1. The molecule has 6 nitrogen and oxygen atoms in total. The van der Waals surface area contributed by atoms with Crippen LogP contribution in [0.15, 0.2) is 44.4 Å². The summed E-state index contributed by atoms with van der Waals surface area (Å²) in [5, 5.41) is 0. The van der Waals surface area contributed by atoms with Gasteiger partial charge in [-0.25, -0.2) is 13.2 Å². The van der Waals surface area contributed by atoms with Crippen LogP contribution in [0.3, 0.4) is 0 Å². The molecule has 23 heavy (non-hydrogen) atoms. The Morgan fingerprint density at radius 1 is 1.04 bits per heavy atom. The van der Waals surface area contributed by atoms with Crippen molar-refractivity contribution in [3.63, 3.8) is 0 Å². The molecule has 0 aliphatic rings. The summed E-state index contributed by atoms with van der Waals surface area (Å²) in [6.45, 7) is 5.67. The van der Waals surface area contributed by atoms with Crippen LogP contribution in [0.5, 0.6) is 0 Å². The summed E-state index contributed by atoms with van der Waals surface area (Å²) in [7, 11) is -3.77. The highest BCUT2D eigenvalue weighted by atomic mass is 32.2. The van der Waals surface area contributed by atoms with E-state index in [4.69, 9.17) is 4.42 Å². The lowest BCUT2D eigenvalue weighted by Crippen LogP contribution is -2.14. The van der Waals surface area contributed by atoms with E-state index in [1.807, 2.05) is 32.9 Å². The van der Waals surface area contributed by atoms with E-state index in [9.17, 15) is 13.2 Å². The molecule has 0 saturated heterocycles. The summed E-state index contributed by atoms with van der Waals surface area (Å²) >= 11 is 0. The molecule has 7 heteroatoms. The monoisotopic (exact) mass is 332 g/mol. The molecule has 3 rings (SSSR count). The first-order valence-electron chi connectivity index (χ1n) is 7.00. The number of aryl methyl sites for hydroxylation is 3. The SMILES string of the molecule is Cc1cc(C)c(NS(=O)(=O)c2ccc3oc(=O)[nH]c3c2)c(C)c1. The van der Waals surface area contributed by atoms with Crippen LogP contribution in [-0.2, 0) is 10.0 Å². The van der Waals surface area contributed by atoms with Gasteiger partial charge in [0.2, 0.25) is 0 Å². The summed E-state index contributed by atoms with van der Waals surface area (Å²) in [4.78, 5) is 13.7. The van der Waals surface area contributed by atoms with Crippen LogP contribution >= 0.6 is 0 Å². The van der Waals surface area contributed by atoms with Crippen LogP contribution in [0.4, 0.5) is 5.69 Å². The number of aromatic nitrogens is 1. The van der Waals surface area contributed by atoms with E-state index in [0.717, 1.165) is 16.7 Å². The van der Waals surface area contributed by atoms with Crippen LogP contribution < -0.4 is 10.5 Å². The molecule has 3 aromatic rings. The van der Waals surface area contributed by atoms with Gasteiger partial charge in [-0.05, 0) is 50.1 Å². The van der Waals surface area contributed by atoms with Gasteiger partial charge < -0.3 is 4.42 Å². The van der Waals surface area contributed by atoms with Gasteiger partial charge >= 0.3 is 5.76 Å². The maximum Gasteiger partial charge on any atom is 0.417 e. The van der Waals surface area contributed by atoms with Gasteiger partial charge in [-0.1, -0.05) is 17.7 Å². The lowest BCUT2D eigenvalue weighted by atomic mass is 10.1. The Labute approximate surface area is 133 Å². The van der Waals surface area contributed by atoms with Gasteiger partial charge in [-0.3, -0.25) is 9.71 Å². The standard InChI is InChI=1S/C16H16N2O4S/c1-9-6-10(2)15(11(3)7-9)18-23(20,21)12-4-5-14-13(8-12)17-16(19)22-14/h4-8,18H,1-3H3,(H,17,19). The molecule has 0 saturated carbocycles. The average Bonchev–Trinajstić information content (AvgIpc) is 2.82. The Balaban J connectivity index is 2.05. The van der Waals surface area contributed by atoms with Gasteiger partial charge in [0.05, 0.1) is 16.1 Å². The van der Waals surface area contributed by atoms with Crippen molar-refractivity contribution in [2.75, 3.05) is 4.72 Å². The van der Waals surface area contributed by atoms with Crippen molar-refractivity contribution in [2.45, 2.75) is 25.7 Å². The fraction of sp³-hybridized carbons (Fsp3) is 0.188. The maximum atomic E-state index is 12.6. The van der Waals surface area contributed by atoms with E-state index < -0.39 is 15.8 Å². The van der Waals surface area contributed by atoms with Crippen molar-refractivity contribution in [2.24, 2.45) is 0 Å². The number of fused-ring (bicyclic) bond motifs is 1. The molecular weight excluding hydrogens is 316 g/mol. The second-order valence-corrected chi connectivity index (χ2v) is 7.23. The summed E-state index contributed by atoms with van der Waals surface area (Å²) in [6.07, 6.45) is 0. The van der Waals surface area contributed by atoms with Gasteiger partial charge in [0.25, 0.3) is 10.0 Å². The van der Waals surface area contributed by atoms with Gasteiger partial charge in [0.1, 0.15) is 0 Å². The van der Waals surface area contributed by atoms with Crippen LogP contribution in [0.25, 0.3) is 11.1 Å². The maximum absolute atomic E-state index is 12.6. The zero-order valence-electron chi connectivity index (χ0n) is 12.9. The Kier molecular flexibility index (Phi) is 3.52. The third-order valence-electron chi connectivity index (χ3n) is 3.61. The third-order valence-corrected chi connectivity index (χ3v) is 4.96. The second-order valence-electron chi connectivity index (χ2n) is 5.55. The molecule has 0 radical (unpaired) electrons. The van der Waals surface area contributed by atoms with Gasteiger partial charge in [-0.2, -0.15) is 0 Å². The number of nitrogens with one attached hydrogen (secondary N) is 2. The highest BCUT2D eigenvalue weighted by molar-refractivity contribution is 7.92. The normalized spacial score (nSPS) is 11.8. The van der Waals surface area contributed by atoms with Crippen LogP contribution in [0.2, 0.25) is 0 Å². The summed E-state index contributed by atoms with van der Waals surface area (Å²) in [5.41, 5.74) is 4.00. The number of oxazole rings is 1. The van der Waals surface area contributed by atoms with E-state index in [2.05, 4.69) is 9.71 Å². The lowest BCUT2D eigenvalue weighted by molar-refractivity contribution is 0.555. The first-order valence-corrected chi connectivity index (χ1v) is 8.48. The molecule has 0 fully saturated rings. The van der Waals surface area contributed by atoms with Crippen LogP contribution in [-0.4, -0.2) is 13.4 Å². The molecule has 1 heterocycles. The number of hydrogen-bond acceptors (Lipinski definition) is 4. The molecule has 120 valence electrons. The topological polar surface area (TPSA) is 92.2 Å². The van der Waals surface area contributed by atoms with E-state index in [0.29, 0.717) is 16.8 Å². The highest BCUT2D eigenvalue weighted by Gasteiger charge is 2.18. The highest BCUT2D eigenvalue weighted by Crippen LogP contribution is 2.26. The fourth-order valence-corrected chi connectivity index (χ4v) is 3.86. The van der Waals surface area contributed by atoms with E-state index in [-0.39, 0.29) is 4.90 Å². The Morgan fingerprint density at radius 3 is 2.35 bits per heavy atom. The Bertz CT molecular complexity index is 1040. The van der Waals surface area contributed by atoms with Crippen LogP contribution in [0.1, 0.15) is 16.7 Å². The molecular formula is C16H16N2O4S. The van der Waals surface area contributed by atoms with Gasteiger partial charge in [0.15, 0.2) is 5.58 Å². The molecule has 0 atom stereocenters. The lowest BCUT2D eigenvalue weighted by Gasteiger charge is -2.14. The minimum Gasteiger partial charge on any atom is -0.408 e. The molecule has 0 aliphatic heterocycles. The first kappa shape index (κ1) is 15.4. The van der Waals surface area contributed by atoms with E-state index in [1.54, 1.807) is 0 Å². The third kappa shape index (κ3) is 2.87. The Hall–Kier alpha value is -2.54. The fourth-order valence-electron chi connectivity index (χ4n) is 2.63. The average molecular weight is 332 g/mol. The summed E-state index contributed by atoms with van der Waals surface area (Å²) in [6, 6.07) is 8.07. The molecule has 2 aromatic carbocycles. The van der Waals surface area contributed by atoms with Crippen LogP contribution in [0, 0.1) is 20.8 Å². The zero-order valence-corrected chi connectivity index (χ0v) is 13.7. The molecule has 0 amide bonds. The molecule has 0 bridgehead atoms. The quantitative estimate of drug-likeness (QED) is 0.771. The van der Waals surface area contributed by atoms with Crippen molar-refractivity contribution in [3.8, 4) is 0 Å². The zero-order chi connectivity index (χ0) is 16.8. The van der Waals surface area contributed by atoms with E-state index >= 15 is 0 Å². The van der Waals surface area contributed by atoms with Crippen molar-refractivity contribution >= 4 is 26.8 Å². The number of sulfonamides is 1. The molecule has 1 aromatic heterocycles. The van der Waals surface area contributed by atoms with Gasteiger partial charge in [-0.15, -0.1) is 0 Å². The Morgan fingerprint density at radius 2 is 1.70 bits per heavy atom. The van der Waals surface area contributed by atoms with Crippen molar-refractivity contribution in [1.82, 2.24) is 4.98 Å². The number of aromatic amines is 1. The second kappa shape index (κ2) is 5.27. The first-order chi connectivity index (χ1) is 10.8. The molecule has 0 spiro atoms. The number of rotatable bonds is 3. The number of anilines is 1. The molecule has 0 unspecified atom stereocenters. The smallest absolute Gasteiger partial charge is 0.408 e. The van der Waals surface area contributed by atoms with Crippen molar-refractivity contribution < 1.29 is 12.8 Å². The summed E-state index contributed by atoms with van der Waals surface area (Å²) in [5.74, 6) is -0.618. The number of hydrogen-bond donors (Lipinski definition) is 2.